The van der Waals surface area contributed by atoms with Gasteiger partial charge in [-0.05, 0) is 37.8 Å². The first kappa shape index (κ1) is 15.4. The lowest BCUT2D eigenvalue weighted by atomic mass is 9.84. The van der Waals surface area contributed by atoms with E-state index in [1.54, 1.807) is 0 Å². The summed E-state index contributed by atoms with van der Waals surface area (Å²) >= 11 is 0. The topological polar surface area (TPSA) is 29.3 Å². The molecule has 0 aromatic heterocycles. The van der Waals surface area contributed by atoms with Crippen molar-refractivity contribution in [2.75, 3.05) is 18.5 Å². The lowest BCUT2D eigenvalue weighted by Gasteiger charge is -2.34. The van der Waals surface area contributed by atoms with Crippen LogP contribution >= 0.6 is 0 Å². The highest BCUT2D eigenvalue weighted by Gasteiger charge is 2.21. The molecular weight excluding hydrogens is 244 g/mol. The van der Waals surface area contributed by atoms with Gasteiger partial charge in [-0.3, -0.25) is 0 Å². The molecule has 0 saturated heterocycles. The van der Waals surface area contributed by atoms with Gasteiger partial charge in [-0.1, -0.05) is 49.8 Å². The van der Waals surface area contributed by atoms with Crippen molar-refractivity contribution in [2.45, 2.75) is 58.4 Å². The molecule has 2 nitrogen and oxygen atoms in total. The zero-order chi connectivity index (χ0) is 14.5. The van der Waals surface area contributed by atoms with Crippen molar-refractivity contribution >= 4 is 5.69 Å². The molecule has 20 heavy (non-hydrogen) atoms. The predicted octanol–water partition coefficient (Wildman–Crippen LogP) is 4.04. The normalized spacial score (nSPS) is 18.0. The van der Waals surface area contributed by atoms with Crippen LogP contribution in [0, 0.1) is 19.8 Å². The van der Waals surface area contributed by atoms with E-state index < -0.39 is 0 Å². The number of rotatable bonds is 5. The third-order valence-corrected chi connectivity index (χ3v) is 4.88. The van der Waals surface area contributed by atoms with Crippen molar-refractivity contribution in [3.63, 3.8) is 0 Å². The van der Waals surface area contributed by atoms with Crippen molar-refractivity contribution in [3.8, 4) is 0 Å². The quantitative estimate of drug-likeness (QED) is 0.878. The van der Waals surface area contributed by atoms with E-state index in [1.165, 1.54) is 55.3 Å². The molecule has 1 aromatic carbocycles. The van der Waals surface area contributed by atoms with Crippen molar-refractivity contribution < 1.29 is 0 Å². The molecule has 1 unspecified atom stereocenters. The van der Waals surface area contributed by atoms with Gasteiger partial charge in [-0.25, -0.2) is 0 Å². The molecule has 2 heteroatoms. The van der Waals surface area contributed by atoms with E-state index in [4.69, 9.17) is 5.73 Å². The minimum atomic E-state index is 0.472. The first-order valence-electron chi connectivity index (χ1n) is 8.12. The summed E-state index contributed by atoms with van der Waals surface area (Å²) in [5.74, 6) is 0.880. The number of nitrogens with two attached hydrogens (primary N) is 1. The van der Waals surface area contributed by atoms with Gasteiger partial charge in [0, 0.05) is 25.3 Å². The summed E-state index contributed by atoms with van der Waals surface area (Å²) in [7, 11) is 2.21. The number of nitrogens with zero attached hydrogens (tertiary/aromatic N) is 1. The minimum Gasteiger partial charge on any atom is -0.370 e. The fraction of sp³-hybridized carbons (Fsp3) is 0.667. The van der Waals surface area contributed by atoms with Crippen LogP contribution in [0.15, 0.2) is 18.2 Å². The summed E-state index contributed by atoms with van der Waals surface area (Å²) in [5, 5.41) is 0. The van der Waals surface area contributed by atoms with E-state index in [-0.39, 0.29) is 0 Å². The van der Waals surface area contributed by atoms with Crippen LogP contribution in [0.4, 0.5) is 5.69 Å². The Morgan fingerprint density at radius 3 is 2.50 bits per heavy atom. The Bertz CT molecular complexity index is 421. The van der Waals surface area contributed by atoms with E-state index in [2.05, 4.69) is 44.0 Å². The van der Waals surface area contributed by atoms with Gasteiger partial charge >= 0.3 is 0 Å². The second-order valence-electron chi connectivity index (χ2n) is 6.53. The Balaban J connectivity index is 2.05. The summed E-state index contributed by atoms with van der Waals surface area (Å²) < 4.78 is 0. The van der Waals surface area contributed by atoms with Gasteiger partial charge in [0.15, 0.2) is 0 Å². The van der Waals surface area contributed by atoms with E-state index in [0.29, 0.717) is 6.04 Å². The zero-order valence-electron chi connectivity index (χ0n) is 13.4. The van der Waals surface area contributed by atoms with Gasteiger partial charge in [-0.2, -0.15) is 0 Å². The molecule has 1 aromatic rings. The summed E-state index contributed by atoms with van der Waals surface area (Å²) in [6.07, 6.45) is 8.30. The molecule has 2 rings (SSSR count). The molecule has 1 fully saturated rings. The Morgan fingerprint density at radius 1 is 1.20 bits per heavy atom. The molecule has 0 amide bonds. The van der Waals surface area contributed by atoms with Crippen LogP contribution in [-0.2, 0) is 0 Å². The third kappa shape index (κ3) is 3.76. The van der Waals surface area contributed by atoms with Crippen LogP contribution in [0.25, 0.3) is 0 Å². The van der Waals surface area contributed by atoms with Crippen LogP contribution in [-0.4, -0.2) is 19.6 Å². The lowest BCUT2D eigenvalue weighted by Crippen LogP contribution is -2.40. The second kappa shape index (κ2) is 7.12. The Hall–Kier alpha value is -1.02. The molecule has 1 aliphatic rings. The van der Waals surface area contributed by atoms with Crippen molar-refractivity contribution in [1.29, 1.82) is 0 Å². The molecular formula is C18H30N2. The molecule has 0 aliphatic heterocycles. The Kier molecular flexibility index (Phi) is 5.47. The van der Waals surface area contributed by atoms with Crippen LogP contribution in [0.1, 0.15) is 49.7 Å². The van der Waals surface area contributed by atoms with Crippen LogP contribution in [0.5, 0.6) is 0 Å². The maximum absolute atomic E-state index is 6.07. The maximum Gasteiger partial charge on any atom is 0.0411 e. The van der Waals surface area contributed by atoms with Gasteiger partial charge in [0.25, 0.3) is 0 Å². The Labute approximate surface area is 124 Å². The summed E-state index contributed by atoms with van der Waals surface area (Å²) in [5.41, 5.74) is 10.1. The molecule has 0 radical (unpaired) electrons. The minimum absolute atomic E-state index is 0.472. The van der Waals surface area contributed by atoms with E-state index >= 15 is 0 Å². The second-order valence-corrected chi connectivity index (χ2v) is 6.53. The summed E-state index contributed by atoms with van der Waals surface area (Å²) in [6.45, 7) is 5.10. The molecule has 1 saturated carbocycles. The van der Waals surface area contributed by atoms with Gasteiger partial charge < -0.3 is 10.6 Å². The first-order valence-corrected chi connectivity index (χ1v) is 8.12. The van der Waals surface area contributed by atoms with E-state index in [9.17, 15) is 0 Å². The fourth-order valence-electron chi connectivity index (χ4n) is 3.62. The zero-order valence-corrected chi connectivity index (χ0v) is 13.4. The number of aryl methyl sites for hydroxylation is 2. The molecule has 2 N–H and O–H groups in total. The average molecular weight is 274 g/mol. The van der Waals surface area contributed by atoms with Crippen molar-refractivity contribution in [1.82, 2.24) is 0 Å². The van der Waals surface area contributed by atoms with Gasteiger partial charge in [0.2, 0.25) is 0 Å². The van der Waals surface area contributed by atoms with Crippen LogP contribution < -0.4 is 10.6 Å². The number of hydrogen-bond donors (Lipinski definition) is 1. The predicted molar refractivity (Wildman–Crippen MR) is 88.4 cm³/mol. The van der Waals surface area contributed by atoms with Gasteiger partial charge in [-0.15, -0.1) is 0 Å². The molecule has 112 valence electrons. The summed E-state index contributed by atoms with van der Waals surface area (Å²) in [4.78, 5) is 2.41. The SMILES string of the molecule is Cc1ccc(N(C)C(CN)CC2CCCCC2)c(C)c1. The van der Waals surface area contributed by atoms with E-state index in [1.807, 2.05) is 0 Å². The standard InChI is InChI=1S/C18H30N2/c1-14-9-10-18(15(2)11-14)20(3)17(13-19)12-16-7-5-4-6-8-16/h9-11,16-17H,4-8,12-13,19H2,1-3H3. The van der Waals surface area contributed by atoms with Crippen LogP contribution in [0.2, 0.25) is 0 Å². The number of anilines is 1. The highest BCUT2D eigenvalue weighted by molar-refractivity contribution is 5.54. The van der Waals surface area contributed by atoms with E-state index in [0.717, 1.165) is 12.5 Å². The first-order chi connectivity index (χ1) is 9.61. The number of hydrogen-bond acceptors (Lipinski definition) is 2. The number of likely N-dealkylation sites (N-methyl/N-ethyl adjacent to an activating group) is 1. The highest BCUT2D eigenvalue weighted by Crippen LogP contribution is 2.30. The largest absolute Gasteiger partial charge is 0.370 e. The fourth-order valence-corrected chi connectivity index (χ4v) is 3.62. The molecule has 0 bridgehead atoms. The average Bonchev–Trinajstić information content (AvgIpc) is 2.45. The summed E-state index contributed by atoms with van der Waals surface area (Å²) in [6, 6.07) is 7.18. The van der Waals surface area contributed by atoms with Gasteiger partial charge in [0.05, 0.1) is 0 Å². The van der Waals surface area contributed by atoms with Crippen molar-refractivity contribution in [2.24, 2.45) is 11.7 Å². The third-order valence-electron chi connectivity index (χ3n) is 4.88. The smallest absolute Gasteiger partial charge is 0.0411 e. The van der Waals surface area contributed by atoms with Crippen LogP contribution in [0.3, 0.4) is 0 Å². The lowest BCUT2D eigenvalue weighted by molar-refractivity contribution is 0.316. The highest BCUT2D eigenvalue weighted by atomic mass is 15.1. The number of benzene rings is 1. The van der Waals surface area contributed by atoms with Crippen molar-refractivity contribution in [3.05, 3.63) is 29.3 Å². The molecule has 0 heterocycles. The Morgan fingerprint density at radius 2 is 1.90 bits per heavy atom. The monoisotopic (exact) mass is 274 g/mol. The molecule has 1 atom stereocenters. The van der Waals surface area contributed by atoms with Gasteiger partial charge in [0.1, 0.15) is 0 Å². The molecule has 0 spiro atoms. The maximum atomic E-state index is 6.07. The molecule has 1 aliphatic carbocycles.